The zero-order valence-corrected chi connectivity index (χ0v) is 13.3. The number of rotatable bonds is 5. The summed E-state index contributed by atoms with van der Waals surface area (Å²) >= 11 is 0. The molecule has 1 aromatic carbocycles. The van der Waals surface area contributed by atoms with E-state index < -0.39 is 12.0 Å². The molecule has 114 valence electrons. The predicted octanol–water partition coefficient (Wildman–Crippen LogP) is 2.93. The zero-order chi connectivity index (χ0) is 16.0. The summed E-state index contributed by atoms with van der Waals surface area (Å²) in [5, 5.41) is 2.74. The minimum atomic E-state index is -0.668. The van der Waals surface area contributed by atoms with Crippen molar-refractivity contribution in [2.75, 3.05) is 7.11 Å². The van der Waals surface area contributed by atoms with Crippen LogP contribution in [0.2, 0.25) is 0 Å². The van der Waals surface area contributed by atoms with E-state index in [0.717, 1.165) is 16.7 Å². The lowest BCUT2D eigenvalue weighted by Crippen LogP contribution is -2.41. The third kappa shape index (κ3) is 5.42. The van der Waals surface area contributed by atoms with Gasteiger partial charge in [0.05, 0.1) is 7.11 Å². The van der Waals surface area contributed by atoms with Crippen LogP contribution in [0.5, 0.6) is 0 Å². The van der Waals surface area contributed by atoms with E-state index in [-0.39, 0.29) is 5.91 Å². The van der Waals surface area contributed by atoms with Gasteiger partial charge in [-0.1, -0.05) is 28.8 Å². The van der Waals surface area contributed by atoms with Gasteiger partial charge in [-0.15, -0.1) is 0 Å². The van der Waals surface area contributed by atoms with E-state index in [1.54, 1.807) is 12.1 Å². The molecule has 1 N–H and O–H groups in total. The number of aryl methyl sites for hydroxylation is 2. The SMILES string of the molecule is COC(=O)[C@H](CC=C(C)C)NC(=O)c1cc(C)cc(C)c1. The molecule has 0 aliphatic rings. The first-order valence-corrected chi connectivity index (χ1v) is 6.94. The monoisotopic (exact) mass is 289 g/mol. The predicted molar refractivity (Wildman–Crippen MR) is 83.2 cm³/mol. The molecular weight excluding hydrogens is 266 g/mol. The molecule has 1 amide bonds. The van der Waals surface area contributed by atoms with Gasteiger partial charge >= 0.3 is 5.97 Å². The van der Waals surface area contributed by atoms with Gasteiger partial charge in [0.15, 0.2) is 0 Å². The number of ether oxygens (including phenoxy) is 1. The fourth-order valence-electron chi connectivity index (χ4n) is 2.06. The number of carbonyl (C=O) groups is 2. The van der Waals surface area contributed by atoms with Crippen LogP contribution in [0.3, 0.4) is 0 Å². The molecule has 1 rings (SSSR count). The number of amides is 1. The van der Waals surface area contributed by atoms with Crippen LogP contribution in [0.1, 0.15) is 41.8 Å². The molecule has 1 aromatic rings. The summed E-state index contributed by atoms with van der Waals surface area (Å²) in [7, 11) is 1.32. The molecule has 0 saturated heterocycles. The summed E-state index contributed by atoms with van der Waals surface area (Å²) in [6, 6.07) is 4.94. The van der Waals surface area contributed by atoms with Crippen molar-refractivity contribution in [3.05, 3.63) is 46.5 Å². The van der Waals surface area contributed by atoms with E-state index in [9.17, 15) is 9.59 Å². The number of hydrogen-bond acceptors (Lipinski definition) is 3. The molecule has 21 heavy (non-hydrogen) atoms. The molecule has 0 aliphatic carbocycles. The molecule has 0 radical (unpaired) electrons. The molecule has 0 heterocycles. The van der Waals surface area contributed by atoms with Crippen LogP contribution in [0, 0.1) is 13.8 Å². The van der Waals surface area contributed by atoms with E-state index in [1.165, 1.54) is 7.11 Å². The second-order valence-electron chi connectivity index (χ2n) is 5.44. The molecule has 0 unspecified atom stereocenters. The first-order chi connectivity index (χ1) is 9.83. The summed E-state index contributed by atoms with van der Waals surface area (Å²) in [5.74, 6) is -0.704. The fourth-order valence-corrected chi connectivity index (χ4v) is 2.06. The van der Waals surface area contributed by atoms with Gasteiger partial charge in [0, 0.05) is 5.56 Å². The van der Waals surface area contributed by atoms with E-state index in [2.05, 4.69) is 5.32 Å². The van der Waals surface area contributed by atoms with Gasteiger partial charge in [-0.05, 0) is 46.2 Å². The molecule has 0 aliphatic heterocycles. The summed E-state index contributed by atoms with van der Waals surface area (Å²) < 4.78 is 4.75. The molecule has 1 atom stereocenters. The average Bonchev–Trinajstić information content (AvgIpc) is 2.40. The molecule has 0 spiro atoms. The van der Waals surface area contributed by atoms with Gasteiger partial charge in [-0.2, -0.15) is 0 Å². The first-order valence-electron chi connectivity index (χ1n) is 6.94. The number of allylic oxidation sites excluding steroid dienone is 1. The maximum absolute atomic E-state index is 12.3. The van der Waals surface area contributed by atoms with Crippen LogP contribution >= 0.6 is 0 Å². The molecular formula is C17H23NO3. The molecule has 0 aromatic heterocycles. The molecule has 0 saturated carbocycles. The standard InChI is InChI=1S/C17H23NO3/c1-11(2)6-7-15(17(20)21-5)18-16(19)14-9-12(3)8-13(4)10-14/h6,8-10,15H,7H2,1-5H3,(H,18,19)/t15-/m0/s1. The molecule has 4 heteroatoms. The van der Waals surface area contributed by atoms with E-state index >= 15 is 0 Å². The Morgan fingerprint density at radius 1 is 1.19 bits per heavy atom. The lowest BCUT2D eigenvalue weighted by molar-refractivity contribution is -0.142. The van der Waals surface area contributed by atoms with E-state index in [4.69, 9.17) is 4.74 Å². The highest BCUT2D eigenvalue weighted by Gasteiger charge is 2.21. The Kier molecular flexibility index (Phi) is 6.15. The Morgan fingerprint density at radius 3 is 2.24 bits per heavy atom. The smallest absolute Gasteiger partial charge is 0.328 e. The number of hydrogen-bond donors (Lipinski definition) is 1. The maximum atomic E-state index is 12.3. The summed E-state index contributed by atoms with van der Waals surface area (Å²) in [4.78, 5) is 24.0. The van der Waals surface area contributed by atoms with Crippen molar-refractivity contribution in [2.24, 2.45) is 0 Å². The summed E-state index contributed by atoms with van der Waals surface area (Å²) in [6.07, 6.45) is 2.33. The quantitative estimate of drug-likeness (QED) is 0.670. The van der Waals surface area contributed by atoms with Crippen molar-refractivity contribution < 1.29 is 14.3 Å². The Balaban J connectivity index is 2.89. The molecule has 0 fully saturated rings. The van der Waals surface area contributed by atoms with Crippen LogP contribution in [0.4, 0.5) is 0 Å². The first kappa shape index (κ1) is 17.0. The number of esters is 1. The van der Waals surface area contributed by atoms with Crippen LogP contribution in [-0.2, 0) is 9.53 Å². The largest absolute Gasteiger partial charge is 0.467 e. The minimum absolute atomic E-state index is 0.264. The van der Waals surface area contributed by atoms with Gasteiger partial charge in [0.1, 0.15) is 6.04 Å². The van der Waals surface area contributed by atoms with Gasteiger partial charge in [-0.3, -0.25) is 4.79 Å². The van der Waals surface area contributed by atoms with Crippen LogP contribution in [0.15, 0.2) is 29.8 Å². The van der Waals surface area contributed by atoms with Crippen LogP contribution in [0.25, 0.3) is 0 Å². The van der Waals surface area contributed by atoms with Gasteiger partial charge < -0.3 is 10.1 Å². The molecule has 4 nitrogen and oxygen atoms in total. The molecule has 0 bridgehead atoms. The van der Waals surface area contributed by atoms with Crippen molar-refractivity contribution >= 4 is 11.9 Å². The number of benzene rings is 1. The second-order valence-corrected chi connectivity index (χ2v) is 5.44. The van der Waals surface area contributed by atoms with Gasteiger partial charge in [0.25, 0.3) is 5.91 Å². The van der Waals surface area contributed by atoms with E-state index in [1.807, 2.05) is 39.8 Å². The van der Waals surface area contributed by atoms with Gasteiger partial charge in [0.2, 0.25) is 0 Å². The van der Waals surface area contributed by atoms with Crippen molar-refractivity contribution in [3.8, 4) is 0 Å². The average molecular weight is 289 g/mol. The lowest BCUT2D eigenvalue weighted by atomic mass is 10.1. The normalized spacial score (nSPS) is 11.5. The van der Waals surface area contributed by atoms with Crippen molar-refractivity contribution in [3.63, 3.8) is 0 Å². The third-order valence-corrected chi connectivity index (χ3v) is 3.04. The van der Waals surface area contributed by atoms with Crippen LogP contribution in [-0.4, -0.2) is 25.0 Å². The maximum Gasteiger partial charge on any atom is 0.328 e. The Morgan fingerprint density at radius 2 is 1.76 bits per heavy atom. The highest BCUT2D eigenvalue weighted by atomic mass is 16.5. The van der Waals surface area contributed by atoms with Crippen LogP contribution < -0.4 is 5.32 Å². The van der Waals surface area contributed by atoms with Gasteiger partial charge in [-0.25, -0.2) is 4.79 Å². The Bertz CT molecular complexity index is 537. The summed E-state index contributed by atoms with van der Waals surface area (Å²) in [5.41, 5.74) is 3.67. The fraction of sp³-hybridized carbons (Fsp3) is 0.412. The Labute approximate surface area is 126 Å². The lowest BCUT2D eigenvalue weighted by Gasteiger charge is -2.15. The topological polar surface area (TPSA) is 55.4 Å². The second kappa shape index (κ2) is 7.62. The van der Waals surface area contributed by atoms with E-state index in [0.29, 0.717) is 12.0 Å². The van der Waals surface area contributed by atoms with Crippen molar-refractivity contribution in [2.45, 2.75) is 40.2 Å². The summed E-state index contributed by atoms with van der Waals surface area (Å²) in [6.45, 7) is 7.76. The number of nitrogens with one attached hydrogen (secondary N) is 1. The highest BCUT2D eigenvalue weighted by molar-refractivity contribution is 5.97. The van der Waals surface area contributed by atoms with Crippen molar-refractivity contribution in [1.29, 1.82) is 0 Å². The number of methoxy groups -OCH3 is 1. The third-order valence-electron chi connectivity index (χ3n) is 3.04. The minimum Gasteiger partial charge on any atom is -0.467 e. The highest BCUT2D eigenvalue weighted by Crippen LogP contribution is 2.10. The van der Waals surface area contributed by atoms with Crippen molar-refractivity contribution in [1.82, 2.24) is 5.32 Å². The zero-order valence-electron chi connectivity index (χ0n) is 13.3. The Hall–Kier alpha value is -2.10. The number of carbonyl (C=O) groups excluding carboxylic acids is 2.